The van der Waals surface area contributed by atoms with Crippen LogP contribution in [0, 0.1) is 17.2 Å². The summed E-state index contributed by atoms with van der Waals surface area (Å²) >= 11 is 0. The lowest BCUT2D eigenvalue weighted by Crippen LogP contribution is -2.37. The molecule has 0 radical (unpaired) electrons. The predicted octanol–water partition coefficient (Wildman–Crippen LogP) is 0.557. The summed E-state index contributed by atoms with van der Waals surface area (Å²) < 4.78 is 31.9. The number of aromatic amines is 1. The zero-order chi connectivity index (χ0) is 15.5. The molecule has 1 aliphatic rings. The normalized spacial score (nSPS) is 21.9. The lowest BCUT2D eigenvalue weighted by molar-refractivity contribution is 0.0522. The second-order valence-corrected chi connectivity index (χ2v) is 6.38. The molecule has 2 unspecified atom stereocenters. The van der Waals surface area contributed by atoms with Crippen molar-refractivity contribution in [2.24, 2.45) is 5.92 Å². The summed E-state index contributed by atoms with van der Waals surface area (Å²) in [6, 6.07) is 1.65. The molecule has 8 nitrogen and oxygen atoms in total. The van der Waals surface area contributed by atoms with Gasteiger partial charge in [-0.05, 0) is 19.8 Å². The molecule has 1 fully saturated rings. The van der Waals surface area contributed by atoms with Crippen LogP contribution in [0.1, 0.15) is 36.5 Å². The summed E-state index contributed by atoms with van der Waals surface area (Å²) in [5.41, 5.74) is -0.143. The summed E-state index contributed by atoms with van der Waals surface area (Å²) in [5.74, 6) is -1.11. The molecule has 1 aliphatic carbocycles. The molecule has 114 valence electrons. The minimum atomic E-state index is -3.96. The van der Waals surface area contributed by atoms with Gasteiger partial charge in [-0.3, -0.25) is 5.10 Å². The Hall–Kier alpha value is -1.92. The smallest absolute Gasteiger partial charge is 0.342 e. The quantitative estimate of drug-likeness (QED) is 0.765. The maximum atomic E-state index is 12.3. The largest absolute Gasteiger partial charge is 0.462 e. The number of carbonyl (C=O) groups excluding carboxylic acids is 1. The van der Waals surface area contributed by atoms with Crippen molar-refractivity contribution in [1.82, 2.24) is 14.9 Å². The molecule has 1 aromatic rings. The third kappa shape index (κ3) is 3.22. The van der Waals surface area contributed by atoms with Crippen molar-refractivity contribution in [2.75, 3.05) is 6.61 Å². The number of nitriles is 1. The first kappa shape index (κ1) is 15.5. The van der Waals surface area contributed by atoms with Crippen molar-refractivity contribution in [1.29, 1.82) is 5.26 Å². The van der Waals surface area contributed by atoms with Crippen LogP contribution in [0.25, 0.3) is 0 Å². The molecule has 9 heteroatoms. The molecule has 0 spiro atoms. The standard InChI is InChI=1S/C12H16N4O4S/c1-2-20-12(17)9-7-14-15-11(9)21(18,19)16-10-5-3-4-8(10)6-13/h7-8,10,16H,2-5H2,1H3,(H,14,15). The van der Waals surface area contributed by atoms with Crippen molar-refractivity contribution < 1.29 is 17.9 Å². The second kappa shape index (κ2) is 6.24. The van der Waals surface area contributed by atoms with Crippen LogP contribution in [0.4, 0.5) is 0 Å². The maximum Gasteiger partial charge on any atom is 0.342 e. The van der Waals surface area contributed by atoms with Gasteiger partial charge >= 0.3 is 5.97 Å². The Morgan fingerprint density at radius 3 is 3.05 bits per heavy atom. The molecule has 2 N–H and O–H groups in total. The van der Waals surface area contributed by atoms with E-state index in [1.165, 1.54) is 0 Å². The molecule has 0 saturated heterocycles. The number of ether oxygens (including phenoxy) is 1. The number of H-pyrrole nitrogens is 1. The minimum absolute atomic E-state index is 0.135. The van der Waals surface area contributed by atoms with E-state index < -0.39 is 22.0 Å². The number of nitrogens with zero attached hydrogens (tertiary/aromatic N) is 2. The van der Waals surface area contributed by atoms with E-state index in [2.05, 4.69) is 21.0 Å². The number of carbonyl (C=O) groups is 1. The summed E-state index contributed by atoms with van der Waals surface area (Å²) in [4.78, 5) is 11.7. The van der Waals surface area contributed by atoms with Gasteiger partial charge in [0.1, 0.15) is 5.56 Å². The van der Waals surface area contributed by atoms with Gasteiger partial charge in [0.25, 0.3) is 10.0 Å². The first-order valence-corrected chi connectivity index (χ1v) is 8.10. The highest BCUT2D eigenvalue weighted by molar-refractivity contribution is 7.89. The zero-order valence-corrected chi connectivity index (χ0v) is 12.3. The Balaban J connectivity index is 2.23. The van der Waals surface area contributed by atoms with E-state index in [1.54, 1.807) is 6.92 Å². The van der Waals surface area contributed by atoms with Gasteiger partial charge in [0.2, 0.25) is 0 Å². The molecule has 21 heavy (non-hydrogen) atoms. The van der Waals surface area contributed by atoms with Gasteiger partial charge in [-0.1, -0.05) is 6.42 Å². The fourth-order valence-electron chi connectivity index (χ4n) is 2.35. The van der Waals surface area contributed by atoms with Crippen LogP contribution in [0.2, 0.25) is 0 Å². The first-order valence-electron chi connectivity index (χ1n) is 6.62. The SMILES string of the molecule is CCOC(=O)c1cn[nH]c1S(=O)(=O)NC1CCCC1C#N. The summed E-state index contributed by atoms with van der Waals surface area (Å²) in [7, 11) is -3.96. The van der Waals surface area contributed by atoms with Gasteiger partial charge in [-0.15, -0.1) is 0 Å². The number of hydrogen-bond acceptors (Lipinski definition) is 6. The fourth-order valence-corrected chi connectivity index (χ4v) is 3.74. The molecule has 0 aromatic carbocycles. The predicted molar refractivity (Wildman–Crippen MR) is 71.6 cm³/mol. The molecule has 1 saturated carbocycles. The third-order valence-corrected chi connectivity index (χ3v) is 4.82. The Morgan fingerprint density at radius 2 is 2.38 bits per heavy atom. The van der Waals surface area contributed by atoms with Crippen molar-refractivity contribution in [3.8, 4) is 6.07 Å². The summed E-state index contributed by atoms with van der Waals surface area (Å²) in [6.45, 7) is 1.76. The number of nitrogens with one attached hydrogen (secondary N) is 2. The average Bonchev–Trinajstić information content (AvgIpc) is 3.06. The van der Waals surface area contributed by atoms with Crippen molar-refractivity contribution in [3.63, 3.8) is 0 Å². The molecule has 2 atom stereocenters. The third-order valence-electron chi connectivity index (χ3n) is 3.36. The molecule has 2 rings (SSSR count). The number of rotatable bonds is 5. The Morgan fingerprint density at radius 1 is 1.62 bits per heavy atom. The first-order chi connectivity index (χ1) is 9.99. The maximum absolute atomic E-state index is 12.3. The van der Waals surface area contributed by atoms with Crippen LogP contribution in [0.15, 0.2) is 11.2 Å². The fraction of sp³-hybridized carbons (Fsp3) is 0.583. The average molecular weight is 312 g/mol. The van der Waals surface area contributed by atoms with Crippen LogP contribution in [0.3, 0.4) is 0 Å². The molecule has 1 heterocycles. The van der Waals surface area contributed by atoms with Gasteiger partial charge < -0.3 is 4.74 Å². The Kier molecular flexibility index (Phi) is 4.59. The van der Waals surface area contributed by atoms with Crippen LogP contribution in [-0.4, -0.2) is 37.2 Å². The van der Waals surface area contributed by atoms with Crippen LogP contribution < -0.4 is 4.72 Å². The van der Waals surface area contributed by atoms with Gasteiger partial charge in [0.05, 0.1) is 24.8 Å². The van der Waals surface area contributed by atoms with E-state index in [0.717, 1.165) is 12.6 Å². The summed E-state index contributed by atoms with van der Waals surface area (Å²) in [6.07, 6.45) is 3.17. The van der Waals surface area contributed by atoms with Gasteiger partial charge in [0.15, 0.2) is 5.03 Å². The van der Waals surface area contributed by atoms with Crippen molar-refractivity contribution in [3.05, 3.63) is 11.8 Å². The van der Waals surface area contributed by atoms with E-state index >= 15 is 0 Å². The van der Waals surface area contributed by atoms with E-state index in [4.69, 9.17) is 10.00 Å². The van der Waals surface area contributed by atoms with Crippen LogP contribution in [-0.2, 0) is 14.8 Å². The number of esters is 1. The van der Waals surface area contributed by atoms with Crippen LogP contribution in [0.5, 0.6) is 0 Å². The number of sulfonamides is 1. The molecule has 0 aliphatic heterocycles. The number of aromatic nitrogens is 2. The topological polar surface area (TPSA) is 125 Å². The van der Waals surface area contributed by atoms with E-state index in [9.17, 15) is 13.2 Å². The monoisotopic (exact) mass is 312 g/mol. The van der Waals surface area contributed by atoms with Gasteiger partial charge in [0, 0.05) is 6.04 Å². The van der Waals surface area contributed by atoms with E-state index in [0.29, 0.717) is 12.8 Å². The Bertz CT molecular complexity index is 661. The van der Waals surface area contributed by atoms with Crippen molar-refractivity contribution >= 4 is 16.0 Å². The molecule has 1 aromatic heterocycles. The Labute approximate surface area is 122 Å². The highest BCUT2D eigenvalue weighted by Crippen LogP contribution is 2.26. The van der Waals surface area contributed by atoms with Gasteiger partial charge in [-0.2, -0.15) is 10.4 Å². The molecule has 0 amide bonds. The van der Waals surface area contributed by atoms with Crippen LogP contribution >= 0.6 is 0 Å². The summed E-state index contributed by atoms with van der Waals surface area (Å²) in [5, 5.41) is 14.6. The second-order valence-electron chi connectivity index (χ2n) is 4.73. The highest BCUT2D eigenvalue weighted by atomic mass is 32.2. The van der Waals surface area contributed by atoms with Gasteiger partial charge in [-0.25, -0.2) is 17.9 Å². The van der Waals surface area contributed by atoms with Crippen molar-refractivity contribution in [2.45, 2.75) is 37.3 Å². The molecular formula is C12H16N4O4S. The lowest BCUT2D eigenvalue weighted by atomic mass is 10.1. The number of hydrogen-bond donors (Lipinski definition) is 2. The molecular weight excluding hydrogens is 296 g/mol. The lowest BCUT2D eigenvalue weighted by Gasteiger charge is -2.15. The zero-order valence-electron chi connectivity index (χ0n) is 11.5. The molecule has 0 bridgehead atoms. The van der Waals surface area contributed by atoms with E-state index in [1.807, 2.05) is 0 Å². The van der Waals surface area contributed by atoms with E-state index in [-0.39, 0.29) is 23.1 Å². The highest BCUT2D eigenvalue weighted by Gasteiger charge is 2.34. The minimum Gasteiger partial charge on any atom is -0.462 e.